The van der Waals surface area contributed by atoms with Gasteiger partial charge >= 0.3 is 0 Å². The highest BCUT2D eigenvalue weighted by Gasteiger charge is 2.35. The van der Waals surface area contributed by atoms with Crippen LogP contribution in [0.2, 0.25) is 0 Å². The van der Waals surface area contributed by atoms with Crippen molar-refractivity contribution in [3.05, 3.63) is 101 Å². The van der Waals surface area contributed by atoms with Gasteiger partial charge in [0.2, 0.25) is 0 Å². The fourth-order valence-corrected chi connectivity index (χ4v) is 3.95. The number of aromatic nitrogens is 1. The standard InChI is InChI=1S/C22H22FN3/c1-15-2-3-18-14-26(21(13-24)20(18)12-15)22(17-8-10-25-11-9-17)16-4-6-19(23)7-5-16/h2-12,21-22H,13-14,24H2,1H3. The Labute approximate surface area is 153 Å². The van der Waals surface area contributed by atoms with Crippen LogP contribution in [0.3, 0.4) is 0 Å². The third-order valence-corrected chi connectivity index (χ3v) is 5.18. The molecule has 2 aromatic carbocycles. The van der Waals surface area contributed by atoms with Gasteiger partial charge in [-0.05, 0) is 53.4 Å². The summed E-state index contributed by atoms with van der Waals surface area (Å²) in [6, 6.07) is 17.5. The lowest BCUT2D eigenvalue weighted by atomic mass is 9.96. The van der Waals surface area contributed by atoms with E-state index in [0.29, 0.717) is 6.54 Å². The van der Waals surface area contributed by atoms with E-state index in [9.17, 15) is 4.39 Å². The Balaban J connectivity index is 1.81. The Bertz CT molecular complexity index is 893. The first-order valence-electron chi connectivity index (χ1n) is 8.88. The summed E-state index contributed by atoms with van der Waals surface area (Å²) >= 11 is 0. The molecular formula is C22H22FN3. The van der Waals surface area contributed by atoms with Crippen LogP contribution in [0.1, 0.15) is 39.9 Å². The van der Waals surface area contributed by atoms with Gasteiger partial charge in [-0.3, -0.25) is 9.88 Å². The molecule has 2 unspecified atom stereocenters. The molecule has 2 N–H and O–H groups in total. The first-order valence-corrected chi connectivity index (χ1v) is 8.88. The molecule has 1 aliphatic rings. The molecule has 26 heavy (non-hydrogen) atoms. The minimum absolute atomic E-state index is 0.000133. The van der Waals surface area contributed by atoms with Crippen LogP contribution < -0.4 is 5.73 Å². The van der Waals surface area contributed by atoms with Gasteiger partial charge in [0.25, 0.3) is 0 Å². The highest BCUT2D eigenvalue weighted by atomic mass is 19.1. The van der Waals surface area contributed by atoms with Crippen LogP contribution in [0.4, 0.5) is 4.39 Å². The molecule has 0 fully saturated rings. The van der Waals surface area contributed by atoms with E-state index in [2.05, 4.69) is 35.0 Å². The SMILES string of the molecule is Cc1ccc2c(c1)C(CN)N(C(c1ccncc1)c1ccc(F)cc1)C2. The molecule has 3 nitrogen and oxygen atoms in total. The third kappa shape index (κ3) is 3.02. The molecule has 0 saturated heterocycles. The number of hydrogen-bond acceptors (Lipinski definition) is 3. The van der Waals surface area contributed by atoms with Crippen molar-refractivity contribution in [3.8, 4) is 0 Å². The summed E-state index contributed by atoms with van der Waals surface area (Å²) in [4.78, 5) is 6.56. The summed E-state index contributed by atoms with van der Waals surface area (Å²) in [6.07, 6.45) is 3.60. The molecule has 3 aromatic rings. The predicted molar refractivity (Wildman–Crippen MR) is 101 cm³/mol. The van der Waals surface area contributed by atoms with E-state index < -0.39 is 0 Å². The smallest absolute Gasteiger partial charge is 0.123 e. The van der Waals surface area contributed by atoms with Crippen molar-refractivity contribution in [3.63, 3.8) is 0 Å². The van der Waals surface area contributed by atoms with Gasteiger partial charge in [-0.1, -0.05) is 35.9 Å². The molecule has 4 heteroatoms. The normalized spacial score (nSPS) is 17.9. The molecule has 0 saturated carbocycles. The number of benzene rings is 2. The Morgan fingerprint density at radius 1 is 1.08 bits per heavy atom. The van der Waals surface area contributed by atoms with E-state index >= 15 is 0 Å². The molecule has 0 aliphatic carbocycles. The van der Waals surface area contributed by atoms with E-state index in [1.807, 2.05) is 24.3 Å². The number of rotatable bonds is 4. The van der Waals surface area contributed by atoms with Crippen molar-refractivity contribution in [2.45, 2.75) is 25.6 Å². The summed E-state index contributed by atoms with van der Waals surface area (Å²) in [6.45, 7) is 3.47. The van der Waals surface area contributed by atoms with Gasteiger partial charge in [-0.15, -0.1) is 0 Å². The van der Waals surface area contributed by atoms with Gasteiger partial charge in [-0.2, -0.15) is 0 Å². The monoisotopic (exact) mass is 347 g/mol. The van der Waals surface area contributed by atoms with Crippen LogP contribution in [0.15, 0.2) is 67.0 Å². The fourth-order valence-electron chi connectivity index (χ4n) is 3.95. The zero-order valence-electron chi connectivity index (χ0n) is 14.8. The number of nitrogens with two attached hydrogens (primary N) is 1. The van der Waals surface area contributed by atoms with Gasteiger partial charge in [0.15, 0.2) is 0 Å². The highest BCUT2D eigenvalue weighted by molar-refractivity contribution is 5.40. The number of aryl methyl sites for hydroxylation is 1. The van der Waals surface area contributed by atoms with Crippen LogP contribution in [0.5, 0.6) is 0 Å². The molecule has 0 radical (unpaired) electrons. The highest BCUT2D eigenvalue weighted by Crippen LogP contribution is 2.42. The molecule has 0 spiro atoms. The third-order valence-electron chi connectivity index (χ3n) is 5.18. The average molecular weight is 347 g/mol. The first-order chi connectivity index (χ1) is 12.7. The Kier molecular flexibility index (Phi) is 4.53. The van der Waals surface area contributed by atoms with E-state index in [1.54, 1.807) is 12.4 Å². The average Bonchev–Trinajstić information content (AvgIpc) is 3.01. The zero-order valence-corrected chi connectivity index (χ0v) is 14.8. The molecule has 4 rings (SSSR count). The molecule has 132 valence electrons. The van der Waals surface area contributed by atoms with Gasteiger partial charge < -0.3 is 5.73 Å². The number of fused-ring (bicyclic) bond motifs is 1. The van der Waals surface area contributed by atoms with Crippen molar-refractivity contribution in [2.24, 2.45) is 5.73 Å². The van der Waals surface area contributed by atoms with Crippen molar-refractivity contribution in [1.82, 2.24) is 9.88 Å². The van der Waals surface area contributed by atoms with Crippen molar-refractivity contribution in [1.29, 1.82) is 0 Å². The molecule has 1 aromatic heterocycles. The molecule has 2 atom stereocenters. The quantitative estimate of drug-likeness (QED) is 0.771. The van der Waals surface area contributed by atoms with Crippen LogP contribution in [-0.4, -0.2) is 16.4 Å². The van der Waals surface area contributed by atoms with Crippen molar-refractivity contribution in [2.75, 3.05) is 6.54 Å². The van der Waals surface area contributed by atoms with Crippen LogP contribution in [-0.2, 0) is 6.54 Å². The maximum Gasteiger partial charge on any atom is 0.123 e. The van der Waals surface area contributed by atoms with Crippen LogP contribution in [0.25, 0.3) is 0 Å². The fraction of sp³-hybridized carbons (Fsp3) is 0.227. The second-order valence-electron chi connectivity index (χ2n) is 6.86. The lowest BCUT2D eigenvalue weighted by molar-refractivity contribution is 0.174. The Morgan fingerprint density at radius 2 is 1.77 bits per heavy atom. The molecule has 1 aliphatic heterocycles. The Morgan fingerprint density at radius 3 is 2.46 bits per heavy atom. The topological polar surface area (TPSA) is 42.1 Å². The van der Waals surface area contributed by atoms with E-state index in [1.165, 1.54) is 28.8 Å². The second kappa shape index (κ2) is 6.98. The van der Waals surface area contributed by atoms with Crippen LogP contribution in [0, 0.1) is 12.7 Å². The van der Waals surface area contributed by atoms with Crippen LogP contribution >= 0.6 is 0 Å². The maximum absolute atomic E-state index is 13.5. The Hall–Kier alpha value is -2.56. The van der Waals surface area contributed by atoms with E-state index in [-0.39, 0.29) is 17.9 Å². The number of pyridine rings is 1. The van der Waals surface area contributed by atoms with Crippen molar-refractivity contribution < 1.29 is 4.39 Å². The largest absolute Gasteiger partial charge is 0.329 e. The van der Waals surface area contributed by atoms with E-state index in [4.69, 9.17) is 5.73 Å². The summed E-state index contributed by atoms with van der Waals surface area (Å²) in [5.41, 5.74) is 12.2. The van der Waals surface area contributed by atoms with Gasteiger partial charge in [0.05, 0.1) is 6.04 Å². The van der Waals surface area contributed by atoms with E-state index in [0.717, 1.165) is 17.7 Å². The maximum atomic E-state index is 13.5. The zero-order chi connectivity index (χ0) is 18.1. The molecule has 0 amide bonds. The summed E-state index contributed by atoms with van der Waals surface area (Å²) < 4.78 is 13.5. The molecular weight excluding hydrogens is 325 g/mol. The number of nitrogens with zero attached hydrogens (tertiary/aromatic N) is 2. The minimum Gasteiger partial charge on any atom is -0.329 e. The summed E-state index contributed by atoms with van der Waals surface area (Å²) in [5.74, 6) is -0.224. The van der Waals surface area contributed by atoms with Gasteiger partial charge in [-0.25, -0.2) is 4.39 Å². The minimum atomic E-state index is -0.224. The molecule has 0 bridgehead atoms. The number of halogens is 1. The van der Waals surface area contributed by atoms with Gasteiger partial charge in [0, 0.05) is 31.5 Å². The second-order valence-corrected chi connectivity index (χ2v) is 6.86. The first kappa shape index (κ1) is 16.9. The molecule has 2 heterocycles. The predicted octanol–water partition coefficient (Wildman–Crippen LogP) is 4.13. The van der Waals surface area contributed by atoms with Crippen molar-refractivity contribution >= 4 is 0 Å². The lowest BCUT2D eigenvalue weighted by Gasteiger charge is -2.33. The van der Waals surface area contributed by atoms with Gasteiger partial charge in [0.1, 0.15) is 5.82 Å². The number of hydrogen-bond donors (Lipinski definition) is 1. The lowest BCUT2D eigenvalue weighted by Crippen LogP contribution is -2.32. The summed E-state index contributed by atoms with van der Waals surface area (Å²) in [7, 11) is 0. The summed E-state index contributed by atoms with van der Waals surface area (Å²) in [5, 5.41) is 0.